The molecule has 0 unspecified atom stereocenters. The number of halogens is 1. The van der Waals surface area contributed by atoms with Gasteiger partial charge in [0.1, 0.15) is 5.75 Å². The lowest BCUT2D eigenvalue weighted by Crippen LogP contribution is -3.19. The number of aryl methyl sites for hydroxylation is 1. The van der Waals surface area contributed by atoms with Gasteiger partial charge in [-0.05, 0) is 56.2 Å². The Morgan fingerprint density at radius 1 is 1.21 bits per heavy atom. The van der Waals surface area contributed by atoms with Crippen molar-refractivity contribution in [3.8, 4) is 5.75 Å². The van der Waals surface area contributed by atoms with Crippen molar-refractivity contribution in [2.75, 3.05) is 43.5 Å². The number of carbonyl (C=O) groups is 1. The normalized spacial score (nSPS) is 16.0. The Labute approximate surface area is 172 Å². The van der Waals surface area contributed by atoms with E-state index in [1.165, 1.54) is 21.7 Å². The molecule has 6 heteroatoms. The van der Waals surface area contributed by atoms with E-state index < -0.39 is 0 Å². The lowest BCUT2D eigenvalue weighted by atomic mass is 10.1. The number of nitrogens with zero attached hydrogens (tertiary/aromatic N) is 1. The molecule has 28 heavy (non-hydrogen) atoms. The molecule has 3 rings (SSSR count). The number of nitrogens with one attached hydrogen (secondary N) is 2. The number of piperazine rings is 1. The minimum absolute atomic E-state index is 0.0178. The Kier molecular flexibility index (Phi) is 6.47. The molecular formula is C22H29ClN3O2+. The molecule has 1 saturated heterocycles. The summed E-state index contributed by atoms with van der Waals surface area (Å²) in [7, 11) is 1.58. The largest absolute Gasteiger partial charge is 0.495 e. The number of methoxy groups -OCH3 is 1. The van der Waals surface area contributed by atoms with Crippen LogP contribution < -0.4 is 19.9 Å². The van der Waals surface area contributed by atoms with Crippen molar-refractivity contribution in [1.29, 1.82) is 0 Å². The third kappa shape index (κ3) is 4.42. The predicted molar refractivity (Wildman–Crippen MR) is 115 cm³/mol. The first-order valence-electron chi connectivity index (χ1n) is 9.71. The topological polar surface area (TPSA) is 46.0 Å². The van der Waals surface area contributed by atoms with Crippen LogP contribution in [0.3, 0.4) is 0 Å². The lowest BCUT2D eigenvalue weighted by Gasteiger charge is -2.36. The molecule has 1 amide bonds. The van der Waals surface area contributed by atoms with Crippen molar-refractivity contribution in [2.45, 2.75) is 26.8 Å². The number of rotatable bonds is 5. The van der Waals surface area contributed by atoms with Crippen molar-refractivity contribution in [3.63, 3.8) is 0 Å². The van der Waals surface area contributed by atoms with Crippen molar-refractivity contribution in [2.24, 2.45) is 0 Å². The van der Waals surface area contributed by atoms with Crippen molar-refractivity contribution in [3.05, 3.63) is 52.5 Å². The van der Waals surface area contributed by atoms with Gasteiger partial charge in [0.25, 0.3) is 5.91 Å². The number of hydrogen-bond acceptors (Lipinski definition) is 3. The van der Waals surface area contributed by atoms with Crippen LogP contribution in [0.25, 0.3) is 0 Å². The van der Waals surface area contributed by atoms with Gasteiger partial charge in [-0.3, -0.25) is 4.79 Å². The predicted octanol–water partition coefficient (Wildman–Crippen LogP) is 2.70. The van der Waals surface area contributed by atoms with Gasteiger partial charge in [0.2, 0.25) is 0 Å². The highest BCUT2D eigenvalue weighted by Gasteiger charge is 2.30. The molecule has 0 saturated carbocycles. The van der Waals surface area contributed by atoms with E-state index in [0.717, 1.165) is 26.2 Å². The van der Waals surface area contributed by atoms with E-state index in [1.54, 1.807) is 25.3 Å². The number of amides is 1. The van der Waals surface area contributed by atoms with Gasteiger partial charge in [0.15, 0.2) is 6.04 Å². The van der Waals surface area contributed by atoms with Crippen molar-refractivity contribution >= 4 is 28.9 Å². The summed E-state index contributed by atoms with van der Waals surface area (Å²) >= 11 is 6.07. The monoisotopic (exact) mass is 402 g/mol. The second kappa shape index (κ2) is 8.84. The standard InChI is InChI=1S/C22H28ClN3O2/c1-15-6-5-7-20(16(15)2)26-12-10-25(11-13-26)17(3)22(27)24-19-14-18(23)8-9-21(19)28-4/h5-9,14,17H,10-13H2,1-4H3,(H,24,27)/p+1/t17-/m1/s1. The highest BCUT2D eigenvalue weighted by molar-refractivity contribution is 6.31. The van der Waals surface area contributed by atoms with Gasteiger partial charge in [-0.15, -0.1) is 0 Å². The SMILES string of the molecule is COc1ccc(Cl)cc1NC(=O)[C@@H](C)[NH+]1CCN(c2cccc(C)c2C)CC1. The third-order valence-electron chi connectivity index (χ3n) is 5.75. The maximum absolute atomic E-state index is 12.8. The van der Waals surface area contributed by atoms with E-state index in [9.17, 15) is 4.79 Å². The van der Waals surface area contributed by atoms with Gasteiger partial charge in [0, 0.05) is 10.7 Å². The maximum Gasteiger partial charge on any atom is 0.282 e. The van der Waals surface area contributed by atoms with Crippen LogP contribution in [0.4, 0.5) is 11.4 Å². The minimum Gasteiger partial charge on any atom is -0.495 e. The molecule has 1 atom stereocenters. The van der Waals surface area contributed by atoms with Crippen LogP contribution >= 0.6 is 11.6 Å². The van der Waals surface area contributed by atoms with Crippen LogP contribution in [-0.4, -0.2) is 45.2 Å². The summed E-state index contributed by atoms with van der Waals surface area (Å²) in [6.45, 7) is 10.0. The zero-order valence-corrected chi connectivity index (χ0v) is 17.8. The fourth-order valence-electron chi connectivity index (χ4n) is 3.75. The average molecular weight is 403 g/mol. The summed E-state index contributed by atoms with van der Waals surface area (Å²) in [6, 6.07) is 11.5. The van der Waals surface area contributed by atoms with E-state index in [0.29, 0.717) is 16.5 Å². The van der Waals surface area contributed by atoms with Crippen molar-refractivity contribution < 1.29 is 14.4 Å². The molecule has 0 bridgehead atoms. The Morgan fingerprint density at radius 2 is 1.93 bits per heavy atom. The van der Waals surface area contributed by atoms with E-state index >= 15 is 0 Å². The zero-order chi connectivity index (χ0) is 20.3. The highest BCUT2D eigenvalue weighted by atomic mass is 35.5. The van der Waals surface area contributed by atoms with E-state index in [1.807, 2.05) is 6.92 Å². The average Bonchev–Trinajstić information content (AvgIpc) is 2.70. The summed E-state index contributed by atoms with van der Waals surface area (Å²) in [5, 5.41) is 3.54. The number of benzene rings is 2. The van der Waals surface area contributed by atoms with Crippen molar-refractivity contribution in [1.82, 2.24) is 0 Å². The summed E-state index contributed by atoms with van der Waals surface area (Å²) in [5.41, 5.74) is 4.57. The Hall–Kier alpha value is -2.24. The number of hydrogen-bond donors (Lipinski definition) is 2. The second-order valence-electron chi connectivity index (χ2n) is 7.42. The zero-order valence-electron chi connectivity index (χ0n) is 17.0. The molecule has 0 aromatic heterocycles. The van der Waals surface area contributed by atoms with E-state index in [4.69, 9.17) is 16.3 Å². The van der Waals surface area contributed by atoms with Gasteiger partial charge in [-0.2, -0.15) is 0 Å². The molecule has 150 valence electrons. The molecule has 0 radical (unpaired) electrons. The molecule has 0 aliphatic carbocycles. The number of quaternary nitrogens is 1. The smallest absolute Gasteiger partial charge is 0.282 e. The van der Waals surface area contributed by atoms with Crippen LogP contribution in [0, 0.1) is 13.8 Å². The fourth-order valence-corrected chi connectivity index (χ4v) is 3.92. The molecular weight excluding hydrogens is 374 g/mol. The molecule has 5 nitrogen and oxygen atoms in total. The van der Waals surface area contributed by atoms with Gasteiger partial charge < -0.3 is 19.9 Å². The molecule has 1 fully saturated rings. The number of ether oxygens (including phenoxy) is 1. The van der Waals surface area contributed by atoms with E-state index in [2.05, 4.69) is 42.3 Å². The fraction of sp³-hybridized carbons (Fsp3) is 0.409. The second-order valence-corrected chi connectivity index (χ2v) is 7.86. The molecule has 2 N–H and O–H groups in total. The molecule has 0 spiro atoms. The summed E-state index contributed by atoms with van der Waals surface area (Å²) in [6.07, 6.45) is 0. The van der Waals surface area contributed by atoms with E-state index in [-0.39, 0.29) is 11.9 Å². The molecule has 1 heterocycles. The lowest BCUT2D eigenvalue weighted by molar-refractivity contribution is -0.914. The van der Waals surface area contributed by atoms with Gasteiger partial charge >= 0.3 is 0 Å². The molecule has 1 aliphatic rings. The van der Waals surface area contributed by atoms with Crippen LogP contribution in [-0.2, 0) is 4.79 Å². The van der Waals surface area contributed by atoms with Crippen LogP contribution in [0.15, 0.2) is 36.4 Å². The van der Waals surface area contributed by atoms with Gasteiger partial charge in [-0.25, -0.2) is 0 Å². The molecule has 1 aliphatic heterocycles. The minimum atomic E-state index is -0.149. The first kappa shape index (κ1) is 20.5. The molecule has 2 aromatic rings. The van der Waals surface area contributed by atoms with Gasteiger partial charge in [-0.1, -0.05) is 23.7 Å². The number of carbonyl (C=O) groups excluding carboxylic acids is 1. The van der Waals surface area contributed by atoms with Crippen LogP contribution in [0.5, 0.6) is 5.75 Å². The summed E-state index contributed by atoms with van der Waals surface area (Å²) in [4.78, 5) is 16.5. The van der Waals surface area contributed by atoms with Gasteiger partial charge in [0.05, 0.1) is 39.0 Å². The number of anilines is 2. The molecule has 2 aromatic carbocycles. The first-order chi connectivity index (χ1) is 13.4. The quantitative estimate of drug-likeness (QED) is 0.808. The summed E-state index contributed by atoms with van der Waals surface area (Å²) < 4.78 is 5.32. The van der Waals surface area contributed by atoms with Crippen LogP contribution in [0.2, 0.25) is 5.02 Å². The maximum atomic E-state index is 12.8. The Morgan fingerprint density at radius 3 is 2.61 bits per heavy atom. The third-order valence-corrected chi connectivity index (χ3v) is 5.98. The first-order valence-corrected chi connectivity index (χ1v) is 10.1. The Bertz CT molecular complexity index is 848. The highest BCUT2D eigenvalue weighted by Crippen LogP contribution is 2.27. The summed E-state index contributed by atoms with van der Waals surface area (Å²) in [5.74, 6) is 0.593. The van der Waals surface area contributed by atoms with Crippen LogP contribution in [0.1, 0.15) is 18.1 Å². The Balaban J connectivity index is 1.62.